The Morgan fingerprint density at radius 2 is 1.95 bits per heavy atom. The van der Waals surface area contributed by atoms with Gasteiger partial charge in [-0.15, -0.1) is 0 Å². The summed E-state index contributed by atoms with van der Waals surface area (Å²) in [6.45, 7) is 2.04. The molecular formula is C17H17BrO3. The van der Waals surface area contributed by atoms with E-state index in [-0.39, 0.29) is 17.2 Å². The zero-order valence-corrected chi connectivity index (χ0v) is 13.3. The van der Waals surface area contributed by atoms with Crippen molar-refractivity contribution in [3.63, 3.8) is 0 Å². The molecule has 1 unspecified atom stereocenters. The van der Waals surface area contributed by atoms with Crippen LogP contribution in [-0.4, -0.2) is 15.7 Å². The zero-order chi connectivity index (χ0) is 15.2. The van der Waals surface area contributed by atoms with Crippen LogP contribution in [0.2, 0.25) is 0 Å². The van der Waals surface area contributed by atoms with Crippen molar-refractivity contribution >= 4 is 21.7 Å². The molecule has 0 aliphatic rings. The summed E-state index contributed by atoms with van der Waals surface area (Å²) in [5, 5.41) is 9.46. The first kappa shape index (κ1) is 15.7. The van der Waals surface area contributed by atoms with E-state index < -0.39 is 0 Å². The van der Waals surface area contributed by atoms with Gasteiger partial charge in [0.05, 0.1) is 11.4 Å². The third kappa shape index (κ3) is 4.16. The number of benzene rings is 2. The van der Waals surface area contributed by atoms with Crippen molar-refractivity contribution in [1.82, 2.24) is 0 Å². The number of carbonyl (C=O) groups excluding carboxylic acids is 1. The molecule has 2 aromatic rings. The van der Waals surface area contributed by atoms with Crippen molar-refractivity contribution in [1.29, 1.82) is 0 Å². The average Bonchev–Trinajstić information content (AvgIpc) is 2.53. The van der Waals surface area contributed by atoms with Gasteiger partial charge in [-0.25, -0.2) is 0 Å². The molecule has 0 aliphatic carbocycles. The van der Waals surface area contributed by atoms with E-state index in [1.807, 2.05) is 30.3 Å². The van der Waals surface area contributed by atoms with Crippen molar-refractivity contribution in [3.05, 3.63) is 65.2 Å². The fraction of sp³-hybridized carbons (Fsp3) is 0.235. The van der Waals surface area contributed by atoms with Crippen LogP contribution in [0.25, 0.3) is 0 Å². The molecule has 4 heteroatoms. The van der Waals surface area contributed by atoms with E-state index in [0.717, 1.165) is 5.56 Å². The highest BCUT2D eigenvalue weighted by molar-refractivity contribution is 9.10. The number of carbonyl (C=O) groups is 1. The van der Waals surface area contributed by atoms with Crippen LogP contribution in [0.15, 0.2) is 48.5 Å². The first-order valence-electron chi connectivity index (χ1n) is 6.70. The largest absolute Gasteiger partial charge is 0.489 e. The number of ether oxygens (including phenoxy) is 1. The fourth-order valence-corrected chi connectivity index (χ4v) is 2.23. The summed E-state index contributed by atoms with van der Waals surface area (Å²) in [5.74, 6) is 0.583. The molecule has 0 bridgehead atoms. The summed E-state index contributed by atoms with van der Waals surface area (Å²) in [7, 11) is 0. The SMILES string of the molecule is CC(Br)C(=O)c1ccc(OCc2ccccc2)c(CO)c1. The average molecular weight is 349 g/mol. The second-order valence-corrected chi connectivity index (χ2v) is 6.11. The van der Waals surface area contributed by atoms with Gasteiger partial charge in [0.15, 0.2) is 5.78 Å². The van der Waals surface area contributed by atoms with E-state index in [0.29, 0.717) is 23.5 Å². The Balaban J connectivity index is 2.15. The summed E-state index contributed by atoms with van der Waals surface area (Å²) >= 11 is 3.26. The molecule has 0 aromatic heterocycles. The van der Waals surface area contributed by atoms with E-state index in [2.05, 4.69) is 15.9 Å². The highest BCUT2D eigenvalue weighted by Gasteiger charge is 2.14. The molecule has 2 rings (SSSR count). The lowest BCUT2D eigenvalue weighted by Crippen LogP contribution is -2.10. The van der Waals surface area contributed by atoms with E-state index >= 15 is 0 Å². The van der Waals surface area contributed by atoms with Crippen LogP contribution < -0.4 is 4.74 Å². The molecule has 0 heterocycles. The molecule has 0 spiro atoms. The molecule has 2 aromatic carbocycles. The molecule has 0 saturated heterocycles. The van der Waals surface area contributed by atoms with E-state index in [4.69, 9.17) is 4.74 Å². The van der Waals surface area contributed by atoms with E-state index in [1.54, 1.807) is 25.1 Å². The standard InChI is InChI=1S/C17H17BrO3/c1-12(18)17(20)14-7-8-16(15(9-14)10-19)21-11-13-5-3-2-4-6-13/h2-9,12,19H,10-11H2,1H3. The van der Waals surface area contributed by atoms with Crippen LogP contribution in [0.4, 0.5) is 0 Å². The van der Waals surface area contributed by atoms with Gasteiger partial charge in [-0.3, -0.25) is 4.79 Å². The van der Waals surface area contributed by atoms with E-state index in [9.17, 15) is 9.90 Å². The van der Waals surface area contributed by atoms with Gasteiger partial charge in [0.25, 0.3) is 0 Å². The van der Waals surface area contributed by atoms with Gasteiger partial charge in [-0.2, -0.15) is 0 Å². The summed E-state index contributed by atoms with van der Waals surface area (Å²) in [4.78, 5) is 11.7. The van der Waals surface area contributed by atoms with Crippen LogP contribution in [0.5, 0.6) is 5.75 Å². The molecular weight excluding hydrogens is 332 g/mol. The molecule has 110 valence electrons. The molecule has 0 aliphatic heterocycles. The van der Waals surface area contributed by atoms with Gasteiger partial charge in [-0.1, -0.05) is 46.3 Å². The van der Waals surface area contributed by atoms with Crippen LogP contribution in [0.1, 0.15) is 28.4 Å². The summed E-state index contributed by atoms with van der Waals surface area (Å²) in [5.41, 5.74) is 2.23. The van der Waals surface area contributed by atoms with Crippen LogP contribution >= 0.6 is 15.9 Å². The number of halogens is 1. The fourth-order valence-electron chi connectivity index (χ4n) is 1.96. The third-order valence-corrected chi connectivity index (χ3v) is 3.53. The number of aliphatic hydroxyl groups is 1. The first-order valence-corrected chi connectivity index (χ1v) is 7.62. The maximum atomic E-state index is 11.9. The molecule has 0 saturated carbocycles. The molecule has 1 N–H and O–H groups in total. The zero-order valence-electron chi connectivity index (χ0n) is 11.8. The van der Waals surface area contributed by atoms with Crippen molar-refractivity contribution in [2.24, 2.45) is 0 Å². The predicted octanol–water partition coefficient (Wildman–Crippen LogP) is 3.72. The van der Waals surface area contributed by atoms with Crippen molar-refractivity contribution in [2.75, 3.05) is 0 Å². The molecule has 0 amide bonds. The van der Waals surface area contributed by atoms with E-state index in [1.165, 1.54) is 0 Å². The highest BCUT2D eigenvalue weighted by Crippen LogP contribution is 2.23. The van der Waals surface area contributed by atoms with Gasteiger partial charge in [0.2, 0.25) is 0 Å². The van der Waals surface area contributed by atoms with Crippen molar-refractivity contribution in [3.8, 4) is 5.75 Å². The molecule has 0 fully saturated rings. The van der Waals surface area contributed by atoms with Crippen LogP contribution in [0.3, 0.4) is 0 Å². The molecule has 0 radical (unpaired) electrons. The lowest BCUT2D eigenvalue weighted by Gasteiger charge is -2.12. The Morgan fingerprint density at radius 3 is 2.57 bits per heavy atom. The van der Waals surface area contributed by atoms with Gasteiger partial charge < -0.3 is 9.84 Å². The topological polar surface area (TPSA) is 46.5 Å². The van der Waals surface area contributed by atoms with Gasteiger partial charge >= 0.3 is 0 Å². The number of rotatable bonds is 6. The highest BCUT2D eigenvalue weighted by atomic mass is 79.9. The van der Waals surface area contributed by atoms with Crippen LogP contribution in [0, 0.1) is 0 Å². The minimum atomic E-state index is -0.250. The number of hydrogen-bond donors (Lipinski definition) is 1. The van der Waals surface area contributed by atoms with Crippen molar-refractivity contribution in [2.45, 2.75) is 25.0 Å². The Kier molecular flexibility index (Phi) is 5.53. The smallest absolute Gasteiger partial charge is 0.176 e. The molecule has 21 heavy (non-hydrogen) atoms. The first-order chi connectivity index (χ1) is 10.1. The minimum Gasteiger partial charge on any atom is -0.489 e. The number of ketones is 1. The monoisotopic (exact) mass is 348 g/mol. The maximum Gasteiger partial charge on any atom is 0.176 e. The predicted molar refractivity (Wildman–Crippen MR) is 85.9 cm³/mol. The minimum absolute atomic E-state index is 0.0145. The van der Waals surface area contributed by atoms with Crippen LogP contribution in [-0.2, 0) is 13.2 Å². The maximum absolute atomic E-state index is 11.9. The Morgan fingerprint density at radius 1 is 1.24 bits per heavy atom. The van der Waals surface area contributed by atoms with Gasteiger partial charge in [-0.05, 0) is 30.7 Å². The number of alkyl halides is 1. The number of hydrogen-bond acceptors (Lipinski definition) is 3. The summed E-state index contributed by atoms with van der Waals surface area (Å²) in [6.07, 6.45) is 0. The lowest BCUT2D eigenvalue weighted by molar-refractivity contribution is 0.0995. The second-order valence-electron chi connectivity index (χ2n) is 4.74. The third-order valence-electron chi connectivity index (χ3n) is 3.11. The Hall–Kier alpha value is -1.65. The number of aliphatic hydroxyl groups excluding tert-OH is 1. The summed E-state index contributed by atoms with van der Waals surface area (Å²) < 4.78 is 5.73. The quantitative estimate of drug-likeness (QED) is 0.639. The molecule has 1 atom stereocenters. The molecule has 3 nitrogen and oxygen atoms in total. The van der Waals surface area contributed by atoms with Gasteiger partial charge in [0, 0.05) is 11.1 Å². The van der Waals surface area contributed by atoms with Crippen molar-refractivity contribution < 1.29 is 14.6 Å². The van der Waals surface area contributed by atoms with Gasteiger partial charge in [0.1, 0.15) is 12.4 Å². The summed E-state index contributed by atoms with van der Waals surface area (Å²) in [6, 6.07) is 14.9. The Bertz CT molecular complexity index is 609. The normalized spacial score (nSPS) is 12.0. The second kappa shape index (κ2) is 7.38. The number of Topliss-reactive ketones (excluding diaryl/α,β-unsaturated/α-hetero) is 1. The lowest BCUT2D eigenvalue weighted by atomic mass is 10.1. The Labute approximate surface area is 132 Å².